The van der Waals surface area contributed by atoms with Gasteiger partial charge in [0.05, 0.1) is 19.3 Å². The highest BCUT2D eigenvalue weighted by atomic mass is 16.6. The molecule has 0 amide bonds. The molecule has 0 spiro atoms. The third kappa shape index (κ3) is 3.30. The number of hydrogen-bond acceptors (Lipinski definition) is 6. The Labute approximate surface area is 127 Å². The van der Waals surface area contributed by atoms with Crippen LogP contribution in [0.15, 0.2) is 15.8 Å². The summed E-state index contributed by atoms with van der Waals surface area (Å²) in [4.78, 5) is 25.7. The normalized spacial score (nSPS) is 28.2. The molecular weight excluding hydrogens is 292 g/mol. The van der Waals surface area contributed by atoms with Crippen LogP contribution in [0, 0.1) is 6.92 Å². The summed E-state index contributed by atoms with van der Waals surface area (Å²) in [6.07, 6.45) is -0.784. The number of nitrogens with one attached hydrogen (secondary N) is 1. The molecule has 2 heterocycles. The minimum atomic E-state index is -0.856. The van der Waals surface area contributed by atoms with Crippen LogP contribution in [0.1, 0.15) is 25.1 Å². The van der Waals surface area contributed by atoms with Crippen LogP contribution >= 0.6 is 0 Å². The standard InChI is InChI=1S/C14H22N2O6/c1-4-9-10(17)11(21-6-5-20-3)13(22-9)16-7-8(2)12(18)15-14(16)19/h7,9-11,13,17H,4-6H2,1-3H3,(H,15,18,19)/t9-,10?,11+,13-/m1/s1. The highest BCUT2D eigenvalue weighted by Gasteiger charge is 2.45. The molecule has 1 unspecified atom stereocenters. The first-order valence-electron chi connectivity index (χ1n) is 7.25. The summed E-state index contributed by atoms with van der Waals surface area (Å²) in [5.41, 5.74) is -0.651. The van der Waals surface area contributed by atoms with E-state index >= 15 is 0 Å². The van der Waals surface area contributed by atoms with Gasteiger partial charge in [0.25, 0.3) is 5.56 Å². The van der Waals surface area contributed by atoms with Crippen LogP contribution in [0.5, 0.6) is 0 Å². The summed E-state index contributed by atoms with van der Waals surface area (Å²) in [6, 6.07) is 0. The third-order valence-electron chi connectivity index (χ3n) is 3.73. The van der Waals surface area contributed by atoms with Gasteiger partial charge in [-0.1, -0.05) is 6.92 Å². The van der Waals surface area contributed by atoms with Crippen LogP contribution < -0.4 is 11.2 Å². The number of hydrogen-bond donors (Lipinski definition) is 2. The quantitative estimate of drug-likeness (QED) is 0.689. The molecule has 1 saturated heterocycles. The van der Waals surface area contributed by atoms with Crippen molar-refractivity contribution in [1.82, 2.24) is 9.55 Å². The predicted molar refractivity (Wildman–Crippen MR) is 77.9 cm³/mol. The lowest BCUT2D eigenvalue weighted by Gasteiger charge is -2.22. The van der Waals surface area contributed by atoms with Gasteiger partial charge < -0.3 is 19.3 Å². The molecule has 4 atom stereocenters. The molecule has 1 aromatic heterocycles. The van der Waals surface area contributed by atoms with Crippen molar-refractivity contribution >= 4 is 0 Å². The minimum Gasteiger partial charge on any atom is -0.388 e. The Hall–Kier alpha value is -1.48. The van der Waals surface area contributed by atoms with Crippen molar-refractivity contribution in [3.05, 3.63) is 32.6 Å². The molecule has 2 N–H and O–H groups in total. The SMILES string of the molecule is CC[C@H]1O[C@@H](n2cc(C)c(=O)[nH]c2=O)[C@@H](OCCOC)C1O. The average molecular weight is 314 g/mol. The fourth-order valence-electron chi connectivity index (χ4n) is 2.50. The van der Waals surface area contributed by atoms with Crippen LogP contribution in [-0.4, -0.2) is 53.3 Å². The lowest BCUT2D eigenvalue weighted by molar-refractivity contribution is -0.0798. The van der Waals surface area contributed by atoms with Gasteiger partial charge in [0.2, 0.25) is 0 Å². The van der Waals surface area contributed by atoms with Crippen LogP contribution in [0.2, 0.25) is 0 Å². The largest absolute Gasteiger partial charge is 0.388 e. The second kappa shape index (κ2) is 7.19. The number of aliphatic hydroxyl groups is 1. The molecule has 1 aromatic rings. The zero-order valence-corrected chi connectivity index (χ0v) is 12.9. The number of H-pyrrole nitrogens is 1. The average Bonchev–Trinajstić information content (AvgIpc) is 2.80. The number of rotatable bonds is 6. The number of nitrogens with zero attached hydrogens (tertiary/aromatic N) is 1. The Morgan fingerprint density at radius 2 is 2.14 bits per heavy atom. The predicted octanol–water partition coefficient (Wildman–Crippen LogP) is -0.455. The number of methoxy groups -OCH3 is 1. The van der Waals surface area contributed by atoms with E-state index in [1.165, 1.54) is 10.8 Å². The summed E-state index contributed by atoms with van der Waals surface area (Å²) < 4.78 is 17.6. The maximum absolute atomic E-state index is 12.0. The Bertz CT molecular complexity index is 610. The van der Waals surface area contributed by atoms with Crippen LogP contribution in [0.4, 0.5) is 0 Å². The van der Waals surface area contributed by atoms with Crippen molar-refractivity contribution in [2.24, 2.45) is 0 Å². The number of aromatic nitrogens is 2. The van der Waals surface area contributed by atoms with Crippen LogP contribution in [0.25, 0.3) is 0 Å². The van der Waals surface area contributed by atoms with Crippen molar-refractivity contribution in [1.29, 1.82) is 0 Å². The maximum atomic E-state index is 12.0. The second-order valence-electron chi connectivity index (χ2n) is 5.27. The second-order valence-corrected chi connectivity index (χ2v) is 5.27. The van der Waals surface area contributed by atoms with Gasteiger partial charge in [0, 0.05) is 18.9 Å². The third-order valence-corrected chi connectivity index (χ3v) is 3.73. The van der Waals surface area contributed by atoms with E-state index in [9.17, 15) is 14.7 Å². The van der Waals surface area contributed by atoms with Crippen molar-refractivity contribution in [3.63, 3.8) is 0 Å². The van der Waals surface area contributed by atoms with Crippen molar-refractivity contribution < 1.29 is 19.3 Å². The smallest absolute Gasteiger partial charge is 0.330 e. The molecule has 0 aromatic carbocycles. The zero-order valence-electron chi connectivity index (χ0n) is 12.9. The summed E-state index contributed by atoms with van der Waals surface area (Å²) >= 11 is 0. The van der Waals surface area contributed by atoms with Crippen molar-refractivity contribution in [3.8, 4) is 0 Å². The molecule has 2 rings (SSSR count). The Morgan fingerprint density at radius 1 is 1.41 bits per heavy atom. The van der Waals surface area contributed by atoms with E-state index in [-0.39, 0.29) is 6.61 Å². The van der Waals surface area contributed by atoms with E-state index in [0.717, 1.165) is 0 Å². The molecule has 1 fully saturated rings. The Kier molecular flexibility index (Phi) is 5.52. The van der Waals surface area contributed by atoms with Gasteiger partial charge in [-0.05, 0) is 13.3 Å². The van der Waals surface area contributed by atoms with Gasteiger partial charge in [-0.3, -0.25) is 14.3 Å². The van der Waals surface area contributed by atoms with E-state index in [1.807, 2.05) is 6.92 Å². The highest BCUT2D eigenvalue weighted by molar-refractivity contribution is 5.03. The maximum Gasteiger partial charge on any atom is 0.330 e. The van der Waals surface area contributed by atoms with Crippen LogP contribution in [-0.2, 0) is 14.2 Å². The van der Waals surface area contributed by atoms with Gasteiger partial charge in [-0.15, -0.1) is 0 Å². The van der Waals surface area contributed by atoms with E-state index in [2.05, 4.69) is 4.98 Å². The Balaban J connectivity index is 2.31. The highest BCUT2D eigenvalue weighted by Crippen LogP contribution is 2.32. The lowest BCUT2D eigenvalue weighted by Crippen LogP contribution is -2.40. The van der Waals surface area contributed by atoms with E-state index in [1.54, 1.807) is 14.0 Å². The van der Waals surface area contributed by atoms with Crippen LogP contribution in [0.3, 0.4) is 0 Å². The summed E-state index contributed by atoms with van der Waals surface area (Å²) in [5, 5.41) is 10.3. The molecule has 1 aliphatic heterocycles. The molecule has 0 bridgehead atoms. The fraction of sp³-hybridized carbons (Fsp3) is 0.714. The fourth-order valence-corrected chi connectivity index (χ4v) is 2.50. The van der Waals surface area contributed by atoms with Gasteiger partial charge in [0.15, 0.2) is 6.23 Å². The minimum absolute atomic E-state index is 0.269. The van der Waals surface area contributed by atoms with E-state index in [4.69, 9.17) is 14.2 Å². The van der Waals surface area contributed by atoms with E-state index < -0.39 is 35.8 Å². The molecule has 0 radical (unpaired) electrons. The molecule has 8 nitrogen and oxygen atoms in total. The molecule has 0 saturated carbocycles. The molecular formula is C14H22N2O6. The van der Waals surface area contributed by atoms with Crippen molar-refractivity contribution in [2.75, 3.05) is 20.3 Å². The van der Waals surface area contributed by atoms with Gasteiger partial charge in [-0.25, -0.2) is 4.79 Å². The van der Waals surface area contributed by atoms with Gasteiger partial charge in [-0.2, -0.15) is 0 Å². The monoisotopic (exact) mass is 314 g/mol. The lowest BCUT2D eigenvalue weighted by atomic mass is 10.1. The Morgan fingerprint density at radius 3 is 2.77 bits per heavy atom. The summed E-state index contributed by atoms with van der Waals surface area (Å²) in [6.45, 7) is 4.11. The summed E-state index contributed by atoms with van der Waals surface area (Å²) in [7, 11) is 1.55. The zero-order chi connectivity index (χ0) is 16.3. The number of aromatic amines is 1. The topological polar surface area (TPSA) is 103 Å². The molecule has 124 valence electrons. The first kappa shape index (κ1) is 16.9. The van der Waals surface area contributed by atoms with Gasteiger partial charge in [0.1, 0.15) is 12.2 Å². The van der Waals surface area contributed by atoms with Crippen molar-refractivity contribution in [2.45, 2.75) is 44.8 Å². The first-order valence-corrected chi connectivity index (χ1v) is 7.25. The number of aliphatic hydroxyl groups excluding tert-OH is 1. The molecule has 1 aliphatic rings. The number of ether oxygens (including phenoxy) is 3. The van der Waals surface area contributed by atoms with E-state index in [0.29, 0.717) is 18.6 Å². The summed E-state index contributed by atoms with van der Waals surface area (Å²) in [5.74, 6) is 0. The molecule has 0 aliphatic carbocycles. The number of aryl methyl sites for hydroxylation is 1. The van der Waals surface area contributed by atoms with Gasteiger partial charge >= 0.3 is 5.69 Å². The first-order chi connectivity index (χ1) is 10.5. The molecule has 22 heavy (non-hydrogen) atoms. The molecule has 8 heteroatoms.